The lowest BCUT2D eigenvalue weighted by molar-refractivity contribution is -0.141. The Hall–Kier alpha value is -4.52. The van der Waals surface area contributed by atoms with Crippen molar-refractivity contribution in [2.24, 2.45) is 10.9 Å². The number of carboxylic acids is 2. The number of carbonyl (C=O) groups excluding carboxylic acids is 1. The monoisotopic (exact) mass is 511 g/mol. The summed E-state index contributed by atoms with van der Waals surface area (Å²) in [5, 5.41) is 19.5. The van der Waals surface area contributed by atoms with Crippen molar-refractivity contribution in [3.8, 4) is 0 Å². The lowest BCUT2D eigenvalue weighted by atomic mass is 9.75. The third kappa shape index (κ3) is 5.72. The van der Waals surface area contributed by atoms with E-state index in [1.807, 2.05) is 60.7 Å². The summed E-state index contributed by atoms with van der Waals surface area (Å²) < 4.78 is 5.74. The number of carboxylic acid groups (broad SMARTS) is 2. The highest BCUT2D eigenvalue weighted by atomic mass is 16.5. The third-order valence-corrected chi connectivity index (χ3v) is 6.85. The minimum absolute atomic E-state index is 0.00158. The number of carbonyl (C=O) groups is 3. The number of benzene rings is 3. The quantitative estimate of drug-likeness (QED) is 0.357. The lowest BCUT2D eigenvalue weighted by Gasteiger charge is -2.30. The van der Waals surface area contributed by atoms with Crippen LogP contribution < -0.4 is 0 Å². The predicted molar refractivity (Wildman–Crippen MR) is 143 cm³/mol. The maximum atomic E-state index is 13.5. The second kappa shape index (κ2) is 11.7. The zero-order valence-electron chi connectivity index (χ0n) is 21.2. The Morgan fingerprint density at radius 2 is 1.47 bits per heavy atom. The first kappa shape index (κ1) is 26.5. The van der Waals surface area contributed by atoms with E-state index >= 15 is 0 Å². The molecule has 4 rings (SSSR count). The van der Waals surface area contributed by atoms with Crippen LogP contribution in [0.25, 0.3) is 0 Å². The van der Waals surface area contributed by atoms with Crippen LogP contribution in [0.4, 0.5) is 0 Å². The Morgan fingerprint density at radius 1 is 0.868 bits per heavy atom. The molecule has 194 valence electrons. The Kier molecular flexibility index (Phi) is 8.16. The average molecular weight is 512 g/mol. The molecule has 2 atom stereocenters. The third-order valence-electron chi connectivity index (χ3n) is 6.85. The topological polar surface area (TPSA) is 113 Å². The molecule has 3 aromatic rings. The molecule has 0 amide bonds. The smallest absolute Gasteiger partial charge is 0.336 e. The zero-order chi connectivity index (χ0) is 27.2. The van der Waals surface area contributed by atoms with Gasteiger partial charge in [0.15, 0.2) is 0 Å². The van der Waals surface area contributed by atoms with Gasteiger partial charge in [-0.15, -0.1) is 0 Å². The van der Waals surface area contributed by atoms with Crippen molar-refractivity contribution in [3.05, 3.63) is 118 Å². The van der Waals surface area contributed by atoms with Crippen molar-refractivity contribution in [2.75, 3.05) is 6.61 Å². The number of hydrogen-bond acceptors (Lipinski definition) is 5. The highest BCUT2D eigenvalue weighted by molar-refractivity contribution is 6.06. The standard InChI is InChI=1S/C31H29NO6/c1-19-26(30(35)36)28(23-14-9-15-24(18-23)29(33)34)27(20(2)32-19)31(37)38-17-16-25(21-10-5-3-6-11-21)22-12-7-4-8-13-22/h3-15,18,25-26,28H,16-17H2,1-2H3,(H,33,34)(H,35,36). The molecule has 3 aromatic carbocycles. The van der Waals surface area contributed by atoms with Gasteiger partial charge in [0.2, 0.25) is 0 Å². The van der Waals surface area contributed by atoms with Gasteiger partial charge in [0, 0.05) is 23.2 Å². The number of aromatic carboxylic acids is 1. The number of hydrogen-bond donors (Lipinski definition) is 2. The maximum Gasteiger partial charge on any atom is 0.336 e. The van der Waals surface area contributed by atoms with Crippen LogP contribution in [-0.2, 0) is 14.3 Å². The fraction of sp³-hybridized carbons (Fsp3) is 0.226. The Labute approximate surface area is 221 Å². The molecule has 0 spiro atoms. The lowest BCUT2D eigenvalue weighted by Crippen LogP contribution is -2.35. The molecule has 7 heteroatoms. The number of nitrogens with zero attached hydrogens (tertiary/aromatic N) is 1. The van der Waals surface area contributed by atoms with E-state index in [9.17, 15) is 24.6 Å². The minimum Gasteiger partial charge on any atom is -0.481 e. The van der Waals surface area contributed by atoms with Crippen molar-refractivity contribution in [1.29, 1.82) is 0 Å². The Balaban J connectivity index is 1.62. The average Bonchev–Trinajstić information content (AvgIpc) is 2.91. The van der Waals surface area contributed by atoms with Crippen LogP contribution in [0.2, 0.25) is 0 Å². The van der Waals surface area contributed by atoms with E-state index in [2.05, 4.69) is 4.99 Å². The van der Waals surface area contributed by atoms with Crippen LogP contribution in [0.3, 0.4) is 0 Å². The molecule has 0 fully saturated rings. The molecule has 7 nitrogen and oxygen atoms in total. The van der Waals surface area contributed by atoms with E-state index in [0.717, 1.165) is 11.1 Å². The van der Waals surface area contributed by atoms with Crippen LogP contribution in [0, 0.1) is 5.92 Å². The van der Waals surface area contributed by atoms with Crippen molar-refractivity contribution in [2.45, 2.75) is 32.1 Å². The minimum atomic E-state index is -1.15. The number of ether oxygens (including phenoxy) is 1. The fourth-order valence-electron chi connectivity index (χ4n) is 5.09. The molecule has 1 heterocycles. The number of allylic oxidation sites excluding steroid dienone is 1. The van der Waals surface area contributed by atoms with Crippen LogP contribution in [-0.4, -0.2) is 40.4 Å². The van der Waals surface area contributed by atoms with Crippen molar-refractivity contribution in [1.82, 2.24) is 0 Å². The summed E-state index contributed by atoms with van der Waals surface area (Å²) >= 11 is 0. The summed E-state index contributed by atoms with van der Waals surface area (Å²) in [5.41, 5.74) is 3.43. The molecule has 0 radical (unpaired) electrons. The van der Waals surface area contributed by atoms with E-state index in [-0.39, 0.29) is 23.7 Å². The van der Waals surface area contributed by atoms with Gasteiger partial charge in [-0.1, -0.05) is 72.8 Å². The number of aliphatic carboxylic acids is 1. The second-order valence-corrected chi connectivity index (χ2v) is 9.28. The van der Waals surface area contributed by atoms with Gasteiger partial charge >= 0.3 is 17.9 Å². The van der Waals surface area contributed by atoms with Crippen LogP contribution in [0.5, 0.6) is 0 Å². The summed E-state index contributed by atoms with van der Waals surface area (Å²) in [5.74, 6) is -5.01. The normalized spacial score (nSPS) is 17.2. The number of aliphatic imine (C=N–C) groups is 1. The number of rotatable bonds is 9. The molecular weight excluding hydrogens is 482 g/mol. The van der Waals surface area contributed by atoms with Gasteiger partial charge in [-0.3, -0.25) is 9.79 Å². The molecule has 0 bridgehead atoms. The summed E-state index contributed by atoms with van der Waals surface area (Å²) in [6, 6.07) is 25.9. The first-order valence-corrected chi connectivity index (χ1v) is 12.4. The van der Waals surface area contributed by atoms with E-state index in [1.165, 1.54) is 12.1 Å². The van der Waals surface area contributed by atoms with Gasteiger partial charge in [-0.2, -0.15) is 0 Å². The molecular formula is C31H29NO6. The van der Waals surface area contributed by atoms with Gasteiger partial charge in [0.25, 0.3) is 0 Å². The molecule has 0 aliphatic carbocycles. The van der Waals surface area contributed by atoms with Gasteiger partial charge in [-0.05, 0) is 49.1 Å². The van der Waals surface area contributed by atoms with Gasteiger partial charge in [-0.25, -0.2) is 9.59 Å². The first-order chi connectivity index (χ1) is 18.3. The van der Waals surface area contributed by atoms with Crippen molar-refractivity contribution < 1.29 is 29.3 Å². The first-order valence-electron chi connectivity index (χ1n) is 12.4. The Morgan fingerprint density at radius 3 is 2.03 bits per heavy atom. The molecule has 0 saturated carbocycles. The van der Waals surface area contributed by atoms with E-state index in [4.69, 9.17) is 4.74 Å². The van der Waals surface area contributed by atoms with Gasteiger partial charge in [0.1, 0.15) is 5.92 Å². The maximum absolute atomic E-state index is 13.5. The molecule has 2 N–H and O–H groups in total. The van der Waals surface area contributed by atoms with Gasteiger partial charge in [0.05, 0.1) is 17.7 Å². The van der Waals surface area contributed by atoms with E-state index in [1.54, 1.807) is 26.0 Å². The number of esters is 1. The SMILES string of the molecule is CC1=NC(C)=C(C(=O)OCCC(c2ccccc2)c2ccccc2)C(c2cccc(C(=O)O)c2)C1C(=O)O. The molecule has 38 heavy (non-hydrogen) atoms. The Bertz CT molecular complexity index is 1350. The summed E-state index contributed by atoms with van der Waals surface area (Å²) in [6.07, 6.45) is 0.524. The van der Waals surface area contributed by atoms with E-state index in [0.29, 0.717) is 23.4 Å². The summed E-state index contributed by atoms with van der Waals surface area (Å²) in [6.45, 7) is 3.35. The molecule has 0 saturated heterocycles. The summed E-state index contributed by atoms with van der Waals surface area (Å²) in [7, 11) is 0. The van der Waals surface area contributed by atoms with E-state index < -0.39 is 29.7 Å². The van der Waals surface area contributed by atoms with Gasteiger partial charge < -0.3 is 14.9 Å². The van der Waals surface area contributed by atoms with Crippen LogP contribution in [0.15, 0.2) is 101 Å². The zero-order valence-corrected chi connectivity index (χ0v) is 21.2. The molecule has 0 aromatic heterocycles. The fourth-order valence-corrected chi connectivity index (χ4v) is 5.09. The second-order valence-electron chi connectivity index (χ2n) is 9.28. The largest absolute Gasteiger partial charge is 0.481 e. The predicted octanol–water partition coefficient (Wildman–Crippen LogP) is 5.68. The van der Waals surface area contributed by atoms with Crippen molar-refractivity contribution >= 4 is 23.6 Å². The molecule has 1 aliphatic rings. The highest BCUT2D eigenvalue weighted by Gasteiger charge is 2.41. The van der Waals surface area contributed by atoms with Crippen LogP contribution >= 0.6 is 0 Å². The van der Waals surface area contributed by atoms with Crippen LogP contribution in [0.1, 0.15) is 59.2 Å². The molecule has 1 aliphatic heterocycles. The van der Waals surface area contributed by atoms with Crippen molar-refractivity contribution in [3.63, 3.8) is 0 Å². The summed E-state index contributed by atoms with van der Waals surface area (Å²) in [4.78, 5) is 41.7. The molecule has 2 unspecified atom stereocenters. The highest BCUT2D eigenvalue weighted by Crippen LogP contribution is 2.40.